The first-order chi connectivity index (χ1) is 11.5. The number of carbonyl (C=O) groups excluding carboxylic acids is 2. The molecule has 0 unspecified atom stereocenters. The summed E-state index contributed by atoms with van der Waals surface area (Å²) >= 11 is 12.9. The number of halogens is 3. The number of hydrogen-bond donors (Lipinski definition) is 1. The van der Waals surface area contributed by atoms with Crippen LogP contribution >= 0.6 is 43.5 Å². The van der Waals surface area contributed by atoms with Crippen LogP contribution in [0.15, 0.2) is 51.4 Å². The van der Waals surface area contributed by atoms with Crippen molar-refractivity contribution in [2.24, 2.45) is 5.92 Å². The van der Waals surface area contributed by atoms with Crippen LogP contribution in [0.4, 0.5) is 11.4 Å². The van der Waals surface area contributed by atoms with Gasteiger partial charge >= 0.3 is 0 Å². The molecule has 1 aliphatic rings. The van der Waals surface area contributed by atoms with Crippen LogP contribution in [0, 0.1) is 5.92 Å². The standard InChI is InChI=1S/C17H13Br2ClN2O2/c18-11-5-6-14(12(19)8-11)21-17(24)10-7-16(23)22(9-10)15-4-2-1-3-13(15)20/h1-6,8,10H,7,9H2,(H,21,24)/t10-/m0/s1. The molecule has 1 heterocycles. The average molecular weight is 473 g/mol. The molecule has 0 bridgehead atoms. The minimum Gasteiger partial charge on any atom is -0.325 e. The Labute approximate surface area is 161 Å². The monoisotopic (exact) mass is 470 g/mol. The lowest BCUT2D eigenvalue weighted by atomic mass is 10.1. The first kappa shape index (κ1) is 17.5. The second-order valence-electron chi connectivity index (χ2n) is 5.47. The van der Waals surface area contributed by atoms with E-state index in [4.69, 9.17) is 11.6 Å². The molecule has 0 saturated carbocycles. The van der Waals surface area contributed by atoms with E-state index < -0.39 is 5.92 Å². The van der Waals surface area contributed by atoms with Gasteiger partial charge in [-0.3, -0.25) is 9.59 Å². The first-order valence-corrected chi connectivity index (χ1v) is 9.23. The fraction of sp³-hybridized carbons (Fsp3) is 0.176. The third-order valence-electron chi connectivity index (χ3n) is 3.83. The molecule has 124 valence electrons. The van der Waals surface area contributed by atoms with Gasteiger partial charge in [0.2, 0.25) is 11.8 Å². The molecule has 3 rings (SSSR count). The summed E-state index contributed by atoms with van der Waals surface area (Å²) < 4.78 is 1.69. The number of nitrogens with zero attached hydrogens (tertiary/aromatic N) is 1. The van der Waals surface area contributed by atoms with E-state index in [-0.39, 0.29) is 18.2 Å². The predicted octanol–water partition coefficient (Wildman–Crippen LogP) is 4.86. The van der Waals surface area contributed by atoms with Gasteiger partial charge in [0.1, 0.15) is 0 Å². The van der Waals surface area contributed by atoms with Gasteiger partial charge in [-0.2, -0.15) is 0 Å². The quantitative estimate of drug-likeness (QED) is 0.694. The van der Waals surface area contributed by atoms with E-state index in [9.17, 15) is 9.59 Å². The number of para-hydroxylation sites is 1. The molecule has 4 nitrogen and oxygen atoms in total. The molecular formula is C17H13Br2ClN2O2. The van der Waals surface area contributed by atoms with Crippen molar-refractivity contribution < 1.29 is 9.59 Å². The molecule has 0 radical (unpaired) electrons. The molecule has 0 spiro atoms. The Bertz CT molecular complexity index is 813. The number of amides is 2. The molecule has 1 atom stereocenters. The zero-order valence-electron chi connectivity index (χ0n) is 12.4. The number of anilines is 2. The minimum absolute atomic E-state index is 0.0990. The minimum atomic E-state index is -0.413. The second kappa shape index (κ2) is 7.25. The van der Waals surface area contributed by atoms with Crippen LogP contribution in [0.25, 0.3) is 0 Å². The van der Waals surface area contributed by atoms with Crippen molar-refractivity contribution in [1.82, 2.24) is 0 Å². The van der Waals surface area contributed by atoms with Gasteiger partial charge in [0.25, 0.3) is 0 Å². The summed E-state index contributed by atoms with van der Waals surface area (Å²) in [6.45, 7) is 0.322. The summed E-state index contributed by atoms with van der Waals surface area (Å²) in [6, 6.07) is 12.6. The summed E-state index contributed by atoms with van der Waals surface area (Å²) in [4.78, 5) is 26.4. The van der Waals surface area contributed by atoms with Crippen LogP contribution in [0.5, 0.6) is 0 Å². The van der Waals surface area contributed by atoms with E-state index >= 15 is 0 Å². The molecule has 7 heteroatoms. The Morgan fingerprint density at radius 1 is 1.21 bits per heavy atom. The van der Waals surface area contributed by atoms with E-state index in [2.05, 4.69) is 37.2 Å². The Morgan fingerprint density at radius 2 is 1.96 bits per heavy atom. The van der Waals surface area contributed by atoms with E-state index in [0.717, 1.165) is 8.95 Å². The predicted molar refractivity (Wildman–Crippen MR) is 102 cm³/mol. The molecule has 0 aliphatic carbocycles. The summed E-state index contributed by atoms with van der Waals surface area (Å²) in [6.07, 6.45) is 0.172. The third kappa shape index (κ3) is 3.66. The van der Waals surface area contributed by atoms with E-state index in [0.29, 0.717) is 22.9 Å². The Balaban J connectivity index is 1.73. The van der Waals surface area contributed by atoms with Crippen LogP contribution in [-0.2, 0) is 9.59 Å². The van der Waals surface area contributed by atoms with E-state index in [1.54, 1.807) is 23.1 Å². The summed E-state index contributed by atoms with van der Waals surface area (Å²) in [5.74, 6) is -0.691. The molecule has 2 aromatic carbocycles. The Hall–Kier alpha value is -1.37. The lowest BCUT2D eigenvalue weighted by Gasteiger charge is -2.18. The maximum absolute atomic E-state index is 12.5. The van der Waals surface area contributed by atoms with Crippen LogP contribution in [-0.4, -0.2) is 18.4 Å². The van der Waals surface area contributed by atoms with Gasteiger partial charge in [-0.05, 0) is 46.3 Å². The molecule has 0 aromatic heterocycles. The van der Waals surface area contributed by atoms with Crippen molar-refractivity contribution in [3.63, 3.8) is 0 Å². The van der Waals surface area contributed by atoms with Gasteiger partial charge in [0.05, 0.1) is 22.3 Å². The summed E-state index contributed by atoms with van der Waals surface area (Å²) in [7, 11) is 0. The molecule has 1 N–H and O–H groups in total. The molecular weight excluding hydrogens is 459 g/mol. The SMILES string of the molecule is O=C(Nc1ccc(Br)cc1Br)[C@H]1CC(=O)N(c2ccccc2Cl)C1. The van der Waals surface area contributed by atoms with Gasteiger partial charge < -0.3 is 10.2 Å². The van der Waals surface area contributed by atoms with Gasteiger partial charge in [-0.15, -0.1) is 0 Å². The fourth-order valence-electron chi connectivity index (χ4n) is 2.61. The maximum Gasteiger partial charge on any atom is 0.229 e. The number of carbonyl (C=O) groups is 2. The highest BCUT2D eigenvalue weighted by molar-refractivity contribution is 9.11. The van der Waals surface area contributed by atoms with Crippen LogP contribution < -0.4 is 10.2 Å². The smallest absolute Gasteiger partial charge is 0.229 e. The topological polar surface area (TPSA) is 49.4 Å². The highest BCUT2D eigenvalue weighted by Crippen LogP contribution is 2.32. The van der Waals surface area contributed by atoms with E-state index in [1.807, 2.05) is 24.3 Å². The van der Waals surface area contributed by atoms with Crippen molar-refractivity contribution in [3.8, 4) is 0 Å². The summed E-state index contributed by atoms with van der Waals surface area (Å²) in [5, 5.41) is 3.37. The van der Waals surface area contributed by atoms with Crippen molar-refractivity contribution in [1.29, 1.82) is 0 Å². The normalized spacial score (nSPS) is 17.2. The third-order valence-corrected chi connectivity index (χ3v) is 5.30. The molecule has 1 saturated heterocycles. The van der Waals surface area contributed by atoms with Crippen LogP contribution in [0.3, 0.4) is 0 Å². The number of benzene rings is 2. The van der Waals surface area contributed by atoms with Crippen molar-refractivity contribution in [2.45, 2.75) is 6.42 Å². The van der Waals surface area contributed by atoms with E-state index in [1.165, 1.54) is 0 Å². The Morgan fingerprint density at radius 3 is 2.67 bits per heavy atom. The molecule has 24 heavy (non-hydrogen) atoms. The number of hydrogen-bond acceptors (Lipinski definition) is 2. The molecule has 1 fully saturated rings. The van der Waals surface area contributed by atoms with Gasteiger partial charge in [-0.1, -0.05) is 39.7 Å². The Kier molecular flexibility index (Phi) is 5.27. The molecule has 2 amide bonds. The van der Waals surface area contributed by atoms with Gasteiger partial charge in [0, 0.05) is 21.9 Å². The first-order valence-electron chi connectivity index (χ1n) is 7.26. The maximum atomic E-state index is 12.5. The highest BCUT2D eigenvalue weighted by Gasteiger charge is 2.36. The van der Waals surface area contributed by atoms with Gasteiger partial charge in [-0.25, -0.2) is 0 Å². The number of rotatable bonds is 3. The average Bonchev–Trinajstić information content (AvgIpc) is 2.92. The molecule has 2 aromatic rings. The highest BCUT2D eigenvalue weighted by atomic mass is 79.9. The zero-order valence-corrected chi connectivity index (χ0v) is 16.4. The molecule has 1 aliphatic heterocycles. The summed E-state index contributed by atoms with van der Waals surface area (Å²) in [5.41, 5.74) is 1.32. The van der Waals surface area contributed by atoms with Crippen molar-refractivity contribution >= 4 is 66.6 Å². The van der Waals surface area contributed by atoms with Crippen molar-refractivity contribution in [2.75, 3.05) is 16.8 Å². The van der Waals surface area contributed by atoms with Gasteiger partial charge in [0.15, 0.2) is 0 Å². The fourth-order valence-corrected chi connectivity index (χ4v) is 4.00. The number of nitrogens with one attached hydrogen (secondary N) is 1. The zero-order chi connectivity index (χ0) is 17.3. The second-order valence-corrected chi connectivity index (χ2v) is 7.65. The van der Waals surface area contributed by atoms with Crippen LogP contribution in [0.2, 0.25) is 5.02 Å². The van der Waals surface area contributed by atoms with Crippen molar-refractivity contribution in [3.05, 3.63) is 56.4 Å². The van der Waals surface area contributed by atoms with Crippen LogP contribution in [0.1, 0.15) is 6.42 Å². The largest absolute Gasteiger partial charge is 0.325 e. The lowest BCUT2D eigenvalue weighted by molar-refractivity contribution is -0.122. The lowest BCUT2D eigenvalue weighted by Crippen LogP contribution is -2.28.